The number of hydrogen-bond donors (Lipinski definition) is 0. The van der Waals surface area contributed by atoms with Crippen LogP contribution in [-0.4, -0.2) is 4.98 Å². The van der Waals surface area contributed by atoms with Gasteiger partial charge in [0.15, 0.2) is 0 Å². The minimum atomic E-state index is -4.34. The molecule has 0 aliphatic heterocycles. The average Bonchev–Trinajstić information content (AvgIpc) is 2.74. The van der Waals surface area contributed by atoms with Gasteiger partial charge in [-0.1, -0.05) is 56.7 Å². The van der Waals surface area contributed by atoms with Crippen molar-refractivity contribution in [3.63, 3.8) is 0 Å². The van der Waals surface area contributed by atoms with Crippen LogP contribution in [0.3, 0.4) is 0 Å². The molecule has 0 saturated carbocycles. The van der Waals surface area contributed by atoms with Crippen LogP contribution in [0.2, 0.25) is 0 Å². The number of nitrogens with zero attached hydrogens (tertiary/aromatic N) is 1. The van der Waals surface area contributed by atoms with E-state index in [1.165, 1.54) is 12.1 Å². The lowest BCUT2D eigenvalue weighted by molar-refractivity contribution is -0.137. The van der Waals surface area contributed by atoms with E-state index < -0.39 is 11.7 Å². The second-order valence-corrected chi connectivity index (χ2v) is 7.47. The van der Waals surface area contributed by atoms with Crippen molar-refractivity contribution in [2.45, 2.75) is 6.18 Å². The van der Waals surface area contributed by atoms with Crippen molar-refractivity contribution in [3.05, 3.63) is 96.7 Å². The molecule has 1 nitrogen and oxygen atoms in total. The zero-order valence-corrected chi connectivity index (χ0v) is 15.6. The molecule has 2 heterocycles. The van der Waals surface area contributed by atoms with E-state index in [-0.39, 0.29) is 0 Å². The Kier molecular flexibility index (Phi) is 4.97. The first-order valence-corrected chi connectivity index (χ1v) is 9.57. The smallest absolute Gasteiger partial charge is 0.256 e. The van der Waals surface area contributed by atoms with E-state index >= 15 is 0 Å². The third-order valence-electron chi connectivity index (χ3n) is 4.37. The number of hydrogen-bond acceptors (Lipinski definition) is 1. The van der Waals surface area contributed by atoms with Gasteiger partial charge in [-0.2, -0.15) is 13.2 Å². The topological polar surface area (TPSA) is 12.9 Å². The third kappa shape index (κ3) is 3.97. The van der Waals surface area contributed by atoms with Crippen LogP contribution in [0.15, 0.2) is 91.1 Å². The molecule has 0 spiro atoms. The SMILES string of the molecule is FC(F)(F)c1ccc(-c2cc(-c3ccccc3)pc(-c3ccccn3)c2)cc1. The van der Waals surface area contributed by atoms with Gasteiger partial charge in [0.25, 0.3) is 0 Å². The van der Waals surface area contributed by atoms with Gasteiger partial charge in [0.05, 0.1) is 11.3 Å². The number of halogens is 3. The summed E-state index contributed by atoms with van der Waals surface area (Å²) in [5.41, 5.74) is 2.90. The first-order chi connectivity index (χ1) is 13.5. The third-order valence-corrected chi connectivity index (χ3v) is 5.60. The molecule has 28 heavy (non-hydrogen) atoms. The number of aromatic nitrogens is 1. The van der Waals surface area contributed by atoms with Gasteiger partial charge in [0.1, 0.15) is 0 Å². The lowest BCUT2D eigenvalue weighted by Crippen LogP contribution is -2.03. The Labute approximate surface area is 162 Å². The van der Waals surface area contributed by atoms with E-state index in [2.05, 4.69) is 4.98 Å². The number of pyridine rings is 1. The van der Waals surface area contributed by atoms with Crippen LogP contribution in [0.4, 0.5) is 13.2 Å². The highest BCUT2D eigenvalue weighted by atomic mass is 31.0. The number of rotatable bonds is 3. The van der Waals surface area contributed by atoms with Crippen LogP contribution >= 0.6 is 8.19 Å². The van der Waals surface area contributed by atoms with Gasteiger partial charge < -0.3 is 0 Å². The van der Waals surface area contributed by atoms with Crippen molar-refractivity contribution in [3.8, 4) is 33.0 Å². The fraction of sp³-hybridized carbons (Fsp3) is 0.0435. The lowest BCUT2D eigenvalue weighted by atomic mass is 10.0. The van der Waals surface area contributed by atoms with Crippen molar-refractivity contribution in [1.29, 1.82) is 0 Å². The normalized spacial score (nSPS) is 11.7. The van der Waals surface area contributed by atoms with Gasteiger partial charge in [-0.25, -0.2) is 0 Å². The van der Waals surface area contributed by atoms with Gasteiger partial charge in [-0.15, -0.1) is 0 Å². The first kappa shape index (κ1) is 18.4. The quantitative estimate of drug-likeness (QED) is 0.348. The van der Waals surface area contributed by atoms with Crippen LogP contribution in [0.5, 0.6) is 0 Å². The van der Waals surface area contributed by atoms with Crippen LogP contribution in [0, 0.1) is 0 Å². The predicted octanol–water partition coefficient (Wildman–Crippen LogP) is 7.68. The van der Waals surface area contributed by atoms with E-state index in [4.69, 9.17) is 0 Å². The second kappa shape index (κ2) is 7.57. The summed E-state index contributed by atoms with van der Waals surface area (Å²) in [5, 5.41) is 2.09. The Bertz CT molecular complexity index is 1020. The Hall–Kier alpha value is -2.97. The Morgan fingerprint density at radius 3 is 1.96 bits per heavy atom. The molecule has 4 aromatic rings. The summed E-state index contributed by atoms with van der Waals surface area (Å²) in [7, 11) is 1.01. The van der Waals surface area contributed by atoms with Crippen LogP contribution < -0.4 is 0 Å². The molecule has 0 bridgehead atoms. The fourth-order valence-corrected chi connectivity index (χ4v) is 4.14. The highest BCUT2D eigenvalue weighted by Crippen LogP contribution is 2.40. The van der Waals surface area contributed by atoms with Gasteiger partial charge in [0, 0.05) is 16.8 Å². The zero-order valence-electron chi connectivity index (χ0n) is 14.7. The summed E-state index contributed by atoms with van der Waals surface area (Å²) >= 11 is 0. The van der Waals surface area contributed by atoms with Crippen LogP contribution in [0.1, 0.15) is 5.56 Å². The molecule has 138 valence electrons. The molecule has 0 aliphatic rings. The highest BCUT2D eigenvalue weighted by molar-refractivity contribution is 7.37. The molecule has 4 rings (SSSR count). The molecule has 0 saturated heterocycles. The fourth-order valence-electron chi connectivity index (χ4n) is 2.95. The summed E-state index contributed by atoms with van der Waals surface area (Å²) in [4.78, 5) is 4.44. The molecular formula is C23H15F3NP. The minimum absolute atomic E-state index is 0.646. The van der Waals surface area contributed by atoms with Gasteiger partial charge in [-0.05, 0) is 53.1 Å². The molecule has 0 unspecified atom stereocenters. The summed E-state index contributed by atoms with van der Waals surface area (Å²) in [6.45, 7) is 0. The van der Waals surface area contributed by atoms with E-state index in [0.29, 0.717) is 0 Å². The standard InChI is InChI=1S/C23H15F3NP/c24-23(25,26)19-11-9-16(10-12-19)18-14-21(17-6-2-1-3-7-17)28-22(15-18)20-8-4-5-13-27-20/h1-15H. The average molecular weight is 393 g/mol. The van der Waals surface area contributed by atoms with E-state index in [1.54, 1.807) is 6.20 Å². The van der Waals surface area contributed by atoms with E-state index in [1.807, 2.05) is 60.7 Å². The summed E-state index contributed by atoms with van der Waals surface area (Å²) in [6.07, 6.45) is -2.60. The predicted molar refractivity (Wildman–Crippen MR) is 108 cm³/mol. The summed E-state index contributed by atoms with van der Waals surface area (Å²) < 4.78 is 38.7. The maximum absolute atomic E-state index is 12.9. The first-order valence-electron chi connectivity index (χ1n) is 8.67. The van der Waals surface area contributed by atoms with Crippen molar-refractivity contribution >= 4 is 8.19 Å². The maximum Gasteiger partial charge on any atom is 0.416 e. The van der Waals surface area contributed by atoms with Gasteiger partial charge >= 0.3 is 6.18 Å². The van der Waals surface area contributed by atoms with E-state index in [0.717, 1.165) is 53.3 Å². The molecule has 0 atom stereocenters. The van der Waals surface area contributed by atoms with Gasteiger partial charge in [-0.3, -0.25) is 4.98 Å². The maximum atomic E-state index is 12.9. The number of benzene rings is 2. The van der Waals surface area contributed by atoms with Crippen molar-refractivity contribution in [1.82, 2.24) is 4.98 Å². The molecule has 2 aromatic carbocycles. The van der Waals surface area contributed by atoms with Crippen molar-refractivity contribution < 1.29 is 13.2 Å². The van der Waals surface area contributed by atoms with Crippen LogP contribution in [0.25, 0.3) is 33.0 Å². The molecule has 2 aromatic heterocycles. The minimum Gasteiger partial charge on any atom is -0.256 e. The Morgan fingerprint density at radius 2 is 1.32 bits per heavy atom. The van der Waals surface area contributed by atoms with Crippen molar-refractivity contribution in [2.24, 2.45) is 0 Å². The lowest BCUT2D eigenvalue weighted by Gasteiger charge is -2.11. The largest absolute Gasteiger partial charge is 0.416 e. The number of alkyl halides is 3. The molecule has 0 aliphatic carbocycles. The van der Waals surface area contributed by atoms with Crippen LogP contribution in [-0.2, 0) is 6.18 Å². The monoisotopic (exact) mass is 393 g/mol. The highest BCUT2D eigenvalue weighted by Gasteiger charge is 2.30. The Morgan fingerprint density at radius 1 is 0.643 bits per heavy atom. The molecule has 0 radical (unpaired) electrons. The molecule has 5 heteroatoms. The zero-order chi connectivity index (χ0) is 19.6. The second-order valence-electron chi connectivity index (χ2n) is 6.28. The molecule has 0 N–H and O–H groups in total. The molecular weight excluding hydrogens is 378 g/mol. The molecule has 0 amide bonds. The van der Waals surface area contributed by atoms with Crippen molar-refractivity contribution in [2.75, 3.05) is 0 Å². The van der Waals surface area contributed by atoms with Gasteiger partial charge in [0.2, 0.25) is 0 Å². The summed E-state index contributed by atoms with van der Waals surface area (Å²) in [5.74, 6) is 0. The van der Waals surface area contributed by atoms with E-state index in [9.17, 15) is 13.2 Å². The summed E-state index contributed by atoms with van der Waals surface area (Å²) in [6, 6.07) is 25.0. The molecule has 0 fully saturated rings. The Balaban J connectivity index is 1.85.